The zero-order valence-electron chi connectivity index (χ0n) is 51.8. The fraction of sp³-hybridized carbons (Fsp3) is 0.444. The van der Waals surface area contributed by atoms with E-state index in [1.54, 1.807) is 11.3 Å². The number of benzene rings is 5. The number of imidazole rings is 2. The first-order valence-corrected chi connectivity index (χ1v) is 34.6. The Morgan fingerprint density at radius 2 is 0.856 bits per heavy atom. The molecule has 0 aliphatic carbocycles. The minimum atomic E-state index is 0.148. The molecule has 18 heteroatoms. The molecular weight excluding hydrogens is 1190 g/mol. The van der Waals surface area contributed by atoms with Crippen LogP contribution in [0, 0.1) is 0 Å². The van der Waals surface area contributed by atoms with Gasteiger partial charge >= 0.3 is 0 Å². The molecule has 10 heterocycles. The number of aromatic nitrogens is 4. The van der Waals surface area contributed by atoms with E-state index in [1.165, 1.54) is 64.7 Å². The van der Waals surface area contributed by atoms with Crippen LogP contribution in [0.15, 0.2) is 121 Å². The molecule has 0 saturated carbocycles. The number of thiophene rings is 1. The zero-order valence-corrected chi connectivity index (χ0v) is 54.1. The van der Waals surface area contributed by atoms with E-state index in [4.69, 9.17) is 23.2 Å². The van der Waals surface area contributed by atoms with Crippen LogP contribution in [-0.2, 0) is 0 Å². The second kappa shape index (κ2) is 28.3. The van der Waals surface area contributed by atoms with Gasteiger partial charge < -0.3 is 39.4 Å². The van der Waals surface area contributed by atoms with Crippen molar-refractivity contribution in [1.82, 2.24) is 54.2 Å². The zero-order chi connectivity index (χ0) is 61.7. The molecule has 4 amide bonds. The van der Waals surface area contributed by atoms with Gasteiger partial charge in [-0.2, -0.15) is 0 Å². The van der Waals surface area contributed by atoms with Crippen molar-refractivity contribution in [2.75, 3.05) is 85.1 Å². The van der Waals surface area contributed by atoms with Crippen molar-refractivity contribution in [3.05, 3.63) is 153 Å². The van der Waals surface area contributed by atoms with Crippen LogP contribution >= 0.6 is 34.5 Å². The van der Waals surface area contributed by atoms with E-state index in [9.17, 15) is 19.2 Å². The van der Waals surface area contributed by atoms with Gasteiger partial charge in [0.25, 0.3) is 23.6 Å². The van der Waals surface area contributed by atoms with Crippen molar-refractivity contribution in [2.45, 2.75) is 121 Å². The molecule has 90 heavy (non-hydrogen) atoms. The second-order valence-electron chi connectivity index (χ2n) is 25.8. The molecule has 4 atom stereocenters. The third-order valence-electron chi connectivity index (χ3n) is 19.7. The third-order valence-corrected chi connectivity index (χ3v) is 21.3. The molecule has 8 aromatic rings. The Hall–Kier alpha value is -6.92. The number of H-pyrrole nitrogens is 2. The summed E-state index contributed by atoms with van der Waals surface area (Å²) < 4.78 is 0. The number of nitrogens with zero attached hydrogens (tertiary/aromatic N) is 9. The summed E-state index contributed by atoms with van der Waals surface area (Å²) in [4.78, 5) is 85.7. The van der Waals surface area contributed by atoms with Crippen LogP contribution in [0.1, 0.15) is 138 Å². The summed E-state index contributed by atoms with van der Waals surface area (Å²) in [6.45, 7) is 15.6. The molecule has 15 rings (SSSR count). The standard InChI is InChI=1S/C26H33N3O2S.2C23H25ClN4O/c1-19-6-4-16-28(19)18-22-7-5-17-29(22)25(30)21-10-8-20(9-11-21)23-12-13-24(32-23)26(31)27-14-2-3-15-27;2*24-18-9-10-20-21(14-18)26-22(25-20)16-5-7-17(8-6-16)23(29)28-13-3-4-19(28)15-27-11-1-2-12-27/h8-13,19,22H,2-7,14-18H2,1H3;2*5-10,14,19H,1-4,11-13,15H2,(H,25,26)/t19-,22+;;/m1../s1. The van der Waals surface area contributed by atoms with Gasteiger partial charge in [-0.3, -0.25) is 24.1 Å². The number of carbonyl (C=O) groups is 4. The van der Waals surface area contributed by atoms with Crippen LogP contribution in [0.2, 0.25) is 10.0 Å². The van der Waals surface area contributed by atoms with Crippen molar-refractivity contribution >= 4 is 80.2 Å². The van der Waals surface area contributed by atoms with Crippen LogP contribution in [-0.4, -0.2) is 187 Å². The number of hydrogen-bond donors (Lipinski definition) is 2. The lowest BCUT2D eigenvalue weighted by Crippen LogP contribution is -2.44. The number of carbonyl (C=O) groups excluding carboxylic acids is 4. The van der Waals surface area contributed by atoms with Gasteiger partial charge in [-0.15, -0.1) is 11.3 Å². The van der Waals surface area contributed by atoms with E-state index < -0.39 is 0 Å². The number of amides is 4. The number of nitrogens with one attached hydrogen (secondary N) is 2. The summed E-state index contributed by atoms with van der Waals surface area (Å²) in [5, 5.41) is 1.37. The normalized spacial score (nSPS) is 21.4. The summed E-state index contributed by atoms with van der Waals surface area (Å²) in [5.74, 6) is 2.17. The van der Waals surface area contributed by atoms with Crippen LogP contribution in [0.25, 0.3) is 55.3 Å². The van der Waals surface area contributed by atoms with Gasteiger partial charge in [-0.05, 0) is 220 Å². The molecule has 470 valence electrons. The van der Waals surface area contributed by atoms with Crippen LogP contribution in [0.3, 0.4) is 0 Å². The van der Waals surface area contributed by atoms with E-state index in [-0.39, 0.29) is 23.6 Å². The van der Waals surface area contributed by atoms with Gasteiger partial charge in [0.05, 0.1) is 26.9 Å². The summed E-state index contributed by atoms with van der Waals surface area (Å²) in [6.07, 6.45) is 16.5. The summed E-state index contributed by atoms with van der Waals surface area (Å²) in [5.41, 5.74) is 8.84. The quantitative estimate of drug-likeness (QED) is 0.115. The van der Waals surface area contributed by atoms with Crippen molar-refractivity contribution in [3.63, 3.8) is 0 Å². The van der Waals surface area contributed by atoms with Crippen LogP contribution in [0.4, 0.5) is 0 Å². The Kier molecular flexibility index (Phi) is 19.5. The minimum absolute atomic E-state index is 0.148. The molecule has 7 aliphatic rings. The second-order valence-corrected chi connectivity index (χ2v) is 27.7. The number of hydrogen-bond acceptors (Lipinski definition) is 10. The lowest BCUT2D eigenvalue weighted by Gasteiger charge is -2.30. The van der Waals surface area contributed by atoms with Crippen LogP contribution < -0.4 is 0 Å². The maximum absolute atomic E-state index is 13.3. The molecular formula is C72H83Cl2N11O4S. The first kappa shape index (κ1) is 61.9. The topological polar surface area (TPSA) is 148 Å². The van der Waals surface area contributed by atoms with Crippen molar-refractivity contribution < 1.29 is 19.2 Å². The maximum atomic E-state index is 13.3. The molecule has 7 saturated heterocycles. The van der Waals surface area contributed by atoms with Crippen molar-refractivity contribution in [1.29, 1.82) is 0 Å². The molecule has 0 spiro atoms. The smallest absolute Gasteiger partial charge is 0.263 e. The molecule has 5 aromatic carbocycles. The predicted octanol–water partition coefficient (Wildman–Crippen LogP) is 13.9. The highest BCUT2D eigenvalue weighted by molar-refractivity contribution is 7.17. The minimum Gasteiger partial charge on any atom is -0.338 e. The van der Waals surface area contributed by atoms with E-state index in [1.807, 2.05) is 126 Å². The van der Waals surface area contributed by atoms with Gasteiger partial charge in [0.15, 0.2) is 0 Å². The molecule has 7 fully saturated rings. The monoisotopic (exact) mass is 1270 g/mol. The average molecular weight is 1270 g/mol. The van der Waals surface area contributed by atoms with Gasteiger partial charge in [-0.1, -0.05) is 59.6 Å². The molecule has 2 unspecified atom stereocenters. The maximum Gasteiger partial charge on any atom is 0.263 e. The fourth-order valence-corrected chi connectivity index (χ4v) is 16.0. The largest absolute Gasteiger partial charge is 0.338 e. The summed E-state index contributed by atoms with van der Waals surface area (Å²) >= 11 is 13.7. The molecule has 0 radical (unpaired) electrons. The Morgan fingerprint density at radius 1 is 0.444 bits per heavy atom. The van der Waals surface area contributed by atoms with E-state index >= 15 is 0 Å². The first-order valence-electron chi connectivity index (χ1n) is 33.1. The predicted molar refractivity (Wildman–Crippen MR) is 362 cm³/mol. The van der Waals surface area contributed by atoms with E-state index in [0.717, 1.165) is 187 Å². The van der Waals surface area contributed by atoms with Crippen molar-refractivity contribution in [2.24, 2.45) is 0 Å². The van der Waals surface area contributed by atoms with Gasteiger partial charge in [-0.25, -0.2) is 9.97 Å². The average Bonchev–Trinajstić information content (AvgIpc) is 2.31. The highest BCUT2D eigenvalue weighted by Gasteiger charge is 2.35. The highest BCUT2D eigenvalue weighted by atomic mass is 35.5. The summed E-state index contributed by atoms with van der Waals surface area (Å²) in [6, 6.07) is 40.4. The number of likely N-dealkylation sites (tertiary alicyclic amines) is 7. The third kappa shape index (κ3) is 14.2. The van der Waals surface area contributed by atoms with Crippen molar-refractivity contribution in [3.8, 4) is 33.2 Å². The van der Waals surface area contributed by atoms with Gasteiger partial charge in [0, 0.05) is 119 Å². The molecule has 0 bridgehead atoms. The Morgan fingerprint density at radius 3 is 1.29 bits per heavy atom. The molecule has 2 N–H and O–H groups in total. The molecule has 3 aromatic heterocycles. The Bertz CT molecular complexity index is 3630. The lowest BCUT2D eigenvalue weighted by molar-refractivity contribution is 0.0692. The van der Waals surface area contributed by atoms with Gasteiger partial charge in [0.1, 0.15) is 11.6 Å². The fourth-order valence-electron chi connectivity index (χ4n) is 14.7. The Labute approximate surface area is 542 Å². The van der Waals surface area contributed by atoms with E-state index in [0.29, 0.717) is 34.2 Å². The number of aromatic amines is 2. The number of rotatable bonds is 13. The first-order chi connectivity index (χ1) is 43.9. The SMILES string of the molecule is C[C@@H]1CCCN1C[C@@H]1CCCN1C(=O)c1ccc(-c2ccc(C(=O)N3CCCC3)s2)cc1.O=C(c1ccc(-c2nc3ccc(Cl)cc3[nH]2)cc1)N1CCCC1CN1CCCC1.O=C(c1ccc(-c2nc3ccc(Cl)cc3[nH]2)cc1)N1CCCC1CN1CCCC1. The number of halogens is 2. The van der Waals surface area contributed by atoms with Crippen LogP contribution in [0.5, 0.6) is 0 Å². The van der Waals surface area contributed by atoms with Gasteiger partial charge in [0.2, 0.25) is 0 Å². The van der Waals surface area contributed by atoms with E-state index in [2.05, 4.69) is 56.3 Å². The molecule has 15 nitrogen and oxygen atoms in total. The molecule has 7 aliphatic heterocycles. The number of fused-ring (bicyclic) bond motifs is 2. The summed E-state index contributed by atoms with van der Waals surface area (Å²) in [7, 11) is 0. The highest BCUT2D eigenvalue weighted by Crippen LogP contribution is 2.33. The Balaban J connectivity index is 0.000000124. The lowest BCUT2D eigenvalue weighted by atomic mass is 10.1.